The third kappa shape index (κ3) is 1.94. The predicted molar refractivity (Wildman–Crippen MR) is 73.4 cm³/mol. The lowest BCUT2D eigenvalue weighted by Gasteiger charge is -2.14. The first-order valence-corrected chi connectivity index (χ1v) is 6.33. The van der Waals surface area contributed by atoms with Crippen LogP contribution in [-0.2, 0) is 11.8 Å². The Hall–Kier alpha value is -2.34. The second-order valence-corrected chi connectivity index (χ2v) is 4.86. The highest BCUT2D eigenvalue weighted by molar-refractivity contribution is 6.35. The summed E-state index contributed by atoms with van der Waals surface area (Å²) in [5, 5.41) is 6.99. The van der Waals surface area contributed by atoms with Crippen molar-refractivity contribution in [1.29, 1.82) is 0 Å². The standard InChI is InChI=1S/C13H11ClN4O2/c1-17-7-8(6-15-17)11-12(19)18(13(20)16-11)10-5-3-2-4-9(10)14/h2-7,11H,1H3,(H,16,20). The van der Waals surface area contributed by atoms with E-state index in [9.17, 15) is 9.59 Å². The number of hydrogen-bond acceptors (Lipinski definition) is 3. The van der Waals surface area contributed by atoms with E-state index in [4.69, 9.17) is 11.6 Å². The number of halogens is 1. The van der Waals surface area contributed by atoms with Crippen molar-refractivity contribution in [3.8, 4) is 0 Å². The third-order valence-electron chi connectivity index (χ3n) is 3.09. The molecule has 3 rings (SSSR count). The van der Waals surface area contributed by atoms with Gasteiger partial charge in [-0.05, 0) is 12.1 Å². The van der Waals surface area contributed by atoms with Crippen molar-refractivity contribution in [2.45, 2.75) is 6.04 Å². The van der Waals surface area contributed by atoms with Crippen molar-refractivity contribution in [2.24, 2.45) is 7.05 Å². The van der Waals surface area contributed by atoms with Gasteiger partial charge in [-0.25, -0.2) is 9.69 Å². The van der Waals surface area contributed by atoms with Crippen LogP contribution >= 0.6 is 11.6 Å². The Bertz CT molecular complexity index is 697. The summed E-state index contributed by atoms with van der Waals surface area (Å²) < 4.78 is 1.58. The van der Waals surface area contributed by atoms with Crippen LogP contribution in [0.4, 0.5) is 10.5 Å². The summed E-state index contributed by atoms with van der Waals surface area (Å²) in [5.41, 5.74) is 1.02. The van der Waals surface area contributed by atoms with Gasteiger partial charge in [0.25, 0.3) is 5.91 Å². The fraction of sp³-hybridized carbons (Fsp3) is 0.154. The van der Waals surface area contributed by atoms with Crippen LogP contribution in [0.5, 0.6) is 0 Å². The molecule has 102 valence electrons. The van der Waals surface area contributed by atoms with Crippen molar-refractivity contribution in [3.05, 3.63) is 47.2 Å². The van der Waals surface area contributed by atoms with Gasteiger partial charge >= 0.3 is 6.03 Å². The summed E-state index contributed by atoms with van der Waals surface area (Å²) in [6.07, 6.45) is 3.25. The summed E-state index contributed by atoms with van der Waals surface area (Å²) in [6, 6.07) is 5.51. The molecule has 6 nitrogen and oxygen atoms in total. The zero-order valence-corrected chi connectivity index (χ0v) is 11.3. The Morgan fingerprint density at radius 3 is 2.70 bits per heavy atom. The molecule has 1 aromatic carbocycles. The first-order valence-electron chi connectivity index (χ1n) is 5.95. The Balaban J connectivity index is 1.97. The minimum Gasteiger partial charge on any atom is -0.321 e. The predicted octanol–water partition coefficient (Wildman–Crippen LogP) is 1.87. The van der Waals surface area contributed by atoms with Crippen LogP contribution in [0, 0.1) is 0 Å². The van der Waals surface area contributed by atoms with Crippen LogP contribution in [-0.4, -0.2) is 21.7 Å². The number of nitrogens with one attached hydrogen (secondary N) is 1. The van der Waals surface area contributed by atoms with Crippen LogP contribution in [0.3, 0.4) is 0 Å². The molecule has 20 heavy (non-hydrogen) atoms. The van der Waals surface area contributed by atoms with E-state index in [1.54, 1.807) is 48.4 Å². The molecule has 0 spiro atoms. The first kappa shape index (κ1) is 12.7. The molecule has 3 amide bonds. The minimum atomic E-state index is -0.729. The van der Waals surface area contributed by atoms with Gasteiger partial charge in [0.05, 0.1) is 16.9 Å². The van der Waals surface area contributed by atoms with Crippen LogP contribution in [0.2, 0.25) is 5.02 Å². The van der Waals surface area contributed by atoms with E-state index in [0.717, 1.165) is 4.90 Å². The van der Waals surface area contributed by atoms with Gasteiger partial charge in [0.15, 0.2) is 0 Å². The highest BCUT2D eigenvalue weighted by atomic mass is 35.5. The molecule has 0 radical (unpaired) electrons. The Labute approximate surface area is 119 Å². The summed E-state index contributed by atoms with van der Waals surface area (Å²) in [5.74, 6) is -0.365. The molecule has 2 heterocycles. The number of carbonyl (C=O) groups is 2. The lowest BCUT2D eigenvalue weighted by atomic mass is 10.1. The number of imide groups is 1. The number of amides is 3. The Morgan fingerprint density at radius 1 is 1.30 bits per heavy atom. The molecule has 0 aliphatic carbocycles. The maximum absolute atomic E-state index is 12.4. The number of aryl methyl sites for hydroxylation is 1. The van der Waals surface area contributed by atoms with Crippen molar-refractivity contribution in [2.75, 3.05) is 4.90 Å². The van der Waals surface area contributed by atoms with E-state index in [1.807, 2.05) is 0 Å². The van der Waals surface area contributed by atoms with Crippen LogP contribution in [0.25, 0.3) is 0 Å². The van der Waals surface area contributed by atoms with Gasteiger partial charge in [-0.1, -0.05) is 23.7 Å². The van der Waals surface area contributed by atoms with Crippen LogP contribution < -0.4 is 10.2 Å². The molecular weight excluding hydrogens is 280 g/mol. The molecule has 1 unspecified atom stereocenters. The maximum atomic E-state index is 12.4. The monoisotopic (exact) mass is 290 g/mol. The molecular formula is C13H11ClN4O2. The van der Waals surface area contributed by atoms with Crippen molar-refractivity contribution >= 4 is 29.2 Å². The summed E-state index contributed by atoms with van der Waals surface area (Å²) in [6.45, 7) is 0. The number of benzene rings is 1. The second kappa shape index (κ2) is 4.64. The fourth-order valence-electron chi connectivity index (χ4n) is 2.16. The highest BCUT2D eigenvalue weighted by Crippen LogP contribution is 2.31. The number of nitrogens with zero attached hydrogens (tertiary/aromatic N) is 3. The number of urea groups is 1. The first-order chi connectivity index (χ1) is 9.58. The molecule has 7 heteroatoms. The molecule has 0 saturated carbocycles. The number of hydrogen-bond donors (Lipinski definition) is 1. The molecule has 1 aliphatic rings. The van der Waals surface area contributed by atoms with Gasteiger partial charge in [-0.3, -0.25) is 9.48 Å². The number of aromatic nitrogens is 2. The highest BCUT2D eigenvalue weighted by Gasteiger charge is 2.41. The van der Waals surface area contributed by atoms with Gasteiger partial charge in [-0.2, -0.15) is 5.10 Å². The number of carbonyl (C=O) groups excluding carboxylic acids is 2. The van der Waals surface area contributed by atoms with Crippen LogP contribution in [0.1, 0.15) is 11.6 Å². The molecule has 2 aromatic rings. The largest absolute Gasteiger partial charge is 0.329 e. The molecule has 1 N–H and O–H groups in total. The molecule has 1 atom stereocenters. The summed E-state index contributed by atoms with van der Waals surface area (Å²) in [7, 11) is 1.75. The smallest absolute Gasteiger partial charge is 0.321 e. The second-order valence-electron chi connectivity index (χ2n) is 4.45. The Kier molecular flexibility index (Phi) is 2.94. The lowest BCUT2D eigenvalue weighted by molar-refractivity contribution is -0.118. The lowest BCUT2D eigenvalue weighted by Crippen LogP contribution is -2.30. The van der Waals surface area contributed by atoms with Gasteiger partial charge < -0.3 is 5.32 Å². The maximum Gasteiger partial charge on any atom is 0.329 e. The fourth-order valence-corrected chi connectivity index (χ4v) is 2.38. The Morgan fingerprint density at radius 2 is 2.05 bits per heavy atom. The van der Waals surface area contributed by atoms with E-state index in [0.29, 0.717) is 16.3 Å². The molecule has 1 fully saturated rings. The van der Waals surface area contributed by atoms with E-state index < -0.39 is 12.1 Å². The zero-order valence-electron chi connectivity index (χ0n) is 10.6. The topological polar surface area (TPSA) is 67.2 Å². The minimum absolute atomic E-state index is 0.350. The van der Waals surface area contributed by atoms with Crippen molar-refractivity contribution < 1.29 is 9.59 Å². The summed E-state index contributed by atoms with van der Waals surface area (Å²) >= 11 is 6.04. The van der Waals surface area contributed by atoms with Crippen molar-refractivity contribution in [3.63, 3.8) is 0 Å². The third-order valence-corrected chi connectivity index (χ3v) is 3.41. The van der Waals surface area contributed by atoms with Crippen molar-refractivity contribution in [1.82, 2.24) is 15.1 Å². The molecule has 1 aromatic heterocycles. The van der Waals surface area contributed by atoms with E-state index in [1.165, 1.54) is 0 Å². The van der Waals surface area contributed by atoms with Gasteiger partial charge in [0, 0.05) is 18.8 Å². The average Bonchev–Trinajstić information content (AvgIpc) is 2.95. The normalized spacial score (nSPS) is 18.5. The molecule has 1 aliphatic heterocycles. The quantitative estimate of drug-likeness (QED) is 0.859. The number of rotatable bonds is 2. The number of para-hydroxylation sites is 1. The average molecular weight is 291 g/mol. The van der Waals surface area contributed by atoms with Gasteiger partial charge in [0.2, 0.25) is 0 Å². The zero-order chi connectivity index (χ0) is 14.3. The SMILES string of the molecule is Cn1cc(C2NC(=O)N(c3ccccc3Cl)C2=O)cn1. The molecule has 0 bridgehead atoms. The molecule has 1 saturated heterocycles. The summed E-state index contributed by atoms with van der Waals surface area (Å²) in [4.78, 5) is 25.5. The van der Waals surface area contributed by atoms with E-state index in [2.05, 4.69) is 10.4 Å². The van der Waals surface area contributed by atoms with Gasteiger partial charge in [0.1, 0.15) is 6.04 Å². The van der Waals surface area contributed by atoms with E-state index in [-0.39, 0.29) is 5.91 Å². The number of anilines is 1. The van der Waals surface area contributed by atoms with E-state index >= 15 is 0 Å². The van der Waals surface area contributed by atoms with Gasteiger partial charge in [-0.15, -0.1) is 0 Å². The van der Waals surface area contributed by atoms with Crippen LogP contribution in [0.15, 0.2) is 36.7 Å².